The quantitative estimate of drug-likeness (QED) is 0.814. The van der Waals surface area contributed by atoms with Gasteiger partial charge in [-0.15, -0.1) is 0 Å². The lowest BCUT2D eigenvalue weighted by Crippen LogP contribution is -2.09. The minimum Gasteiger partial charge on any atom is -0.339 e. The van der Waals surface area contributed by atoms with Crippen LogP contribution >= 0.6 is 15.9 Å². The van der Waals surface area contributed by atoms with Crippen molar-refractivity contribution >= 4 is 22.2 Å². The van der Waals surface area contributed by atoms with E-state index in [1.165, 1.54) is 0 Å². The summed E-state index contributed by atoms with van der Waals surface area (Å²) >= 11 is 3.55. The molecule has 0 radical (unpaired) electrons. The molecule has 17 heavy (non-hydrogen) atoms. The molecular formula is C12H14BrN3O. The van der Waals surface area contributed by atoms with Gasteiger partial charge in [0.15, 0.2) is 6.29 Å². The zero-order valence-corrected chi connectivity index (χ0v) is 11.4. The van der Waals surface area contributed by atoms with Gasteiger partial charge in [0.2, 0.25) is 0 Å². The van der Waals surface area contributed by atoms with E-state index in [1.54, 1.807) is 6.07 Å². The van der Waals surface area contributed by atoms with Gasteiger partial charge in [-0.3, -0.25) is 9.48 Å². The van der Waals surface area contributed by atoms with Crippen LogP contribution in [0.5, 0.6) is 0 Å². The monoisotopic (exact) mass is 295 g/mol. The second kappa shape index (κ2) is 4.87. The molecule has 0 bridgehead atoms. The first-order valence-electron chi connectivity index (χ1n) is 5.49. The summed E-state index contributed by atoms with van der Waals surface area (Å²) in [5.41, 5.74) is 2.74. The molecule has 2 aromatic rings. The fourth-order valence-corrected chi connectivity index (χ4v) is 2.27. The Kier molecular flexibility index (Phi) is 3.47. The van der Waals surface area contributed by atoms with Crippen molar-refractivity contribution in [3.8, 4) is 0 Å². The number of aldehydes is 1. The van der Waals surface area contributed by atoms with Crippen LogP contribution < -0.4 is 0 Å². The highest BCUT2D eigenvalue weighted by atomic mass is 79.9. The first-order valence-corrected chi connectivity index (χ1v) is 6.28. The van der Waals surface area contributed by atoms with E-state index >= 15 is 0 Å². The lowest BCUT2D eigenvalue weighted by Gasteiger charge is -2.08. The van der Waals surface area contributed by atoms with Crippen LogP contribution in [0.2, 0.25) is 0 Å². The number of aryl methyl sites for hydroxylation is 2. The fourth-order valence-electron chi connectivity index (χ4n) is 1.86. The molecule has 0 saturated carbocycles. The fraction of sp³-hybridized carbons (Fsp3) is 0.333. The van der Waals surface area contributed by atoms with Gasteiger partial charge >= 0.3 is 0 Å². The standard InChI is InChI=1S/C12H14BrN3O/c1-3-16-11(12(13)9(2)14-16)7-15-6-4-5-10(15)8-17/h4-6,8H,3,7H2,1-2H3. The van der Waals surface area contributed by atoms with Crippen molar-refractivity contribution in [2.75, 3.05) is 0 Å². The molecule has 0 aromatic carbocycles. The minimum atomic E-state index is 0.649. The molecule has 0 unspecified atom stereocenters. The predicted octanol–water partition coefficient (Wildman–Crippen LogP) is 2.64. The van der Waals surface area contributed by atoms with Crippen molar-refractivity contribution in [2.24, 2.45) is 0 Å². The highest BCUT2D eigenvalue weighted by molar-refractivity contribution is 9.10. The van der Waals surface area contributed by atoms with Gasteiger partial charge < -0.3 is 4.57 Å². The van der Waals surface area contributed by atoms with E-state index in [4.69, 9.17) is 0 Å². The summed E-state index contributed by atoms with van der Waals surface area (Å²) in [6.07, 6.45) is 2.77. The second-order valence-electron chi connectivity index (χ2n) is 3.84. The highest BCUT2D eigenvalue weighted by Crippen LogP contribution is 2.22. The number of hydrogen-bond acceptors (Lipinski definition) is 2. The first kappa shape index (κ1) is 12.1. The topological polar surface area (TPSA) is 39.8 Å². The van der Waals surface area contributed by atoms with Crippen LogP contribution in [0.1, 0.15) is 28.8 Å². The number of aromatic nitrogens is 3. The summed E-state index contributed by atoms with van der Waals surface area (Å²) < 4.78 is 4.89. The average molecular weight is 296 g/mol. The van der Waals surface area contributed by atoms with Crippen LogP contribution in [-0.4, -0.2) is 20.6 Å². The molecule has 0 aliphatic carbocycles. The average Bonchev–Trinajstić information content (AvgIpc) is 2.88. The largest absolute Gasteiger partial charge is 0.339 e. The molecule has 0 aliphatic rings. The van der Waals surface area contributed by atoms with E-state index < -0.39 is 0 Å². The van der Waals surface area contributed by atoms with Crippen LogP contribution in [0.15, 0.2) is 22.8 Å². The molecule has 0 fully saturated rings. The molecule has 0 spiro atoms. The molecule has 5 heteroatoms. The normalized spacial score (nSPS) is 10.8. The molecular weight excluding hydrogens is 282 g/mol. The van der Waals surface area contributed by atoms with E-state index in [2.05, 4.69) is 28.0 Å². The summed E-state index contributed by atoms with van der Waals surface area (Å²) in [7, 11) is 0. The number of carbonyl (C=O) groups is 1. The maximum absolute atomic E-state index is 10.9. The Morgan fingerprint density at radius 3 is 2.94 bits per heavy atom. The summed E-state index contributed by atoms with van der Waals surface area (Å²) in [6.45, 7) is 5.49. The van der Waals surface area contributed by atoms with Crippen molar-refractivity contribution in [2.45, 2.75) is 26.9 Å². The predicted molar refractivity (Wildman–Crippen MR) is 69.3 cm³/mol. The molecule has 0 aliphatic heterocycles. The van der Waals surface area contributed by atoms with E-state index in [9.17, 15) is 4.79 Å². The zero-order chi connectivity index (χ0) is 12.4. The summed E-state index contributed by atoms with van der Waals surface area (Å²) in [5, 5.41) is 4.43. The van der Waals surface area contributed by atoms with Crippen molar-refractivity contribution in [1.82, 2.24) is 14.3 Å². The molecule has 2 rings (SSSR count). The van der Waals surface area contributed by atoms with Gasteiger partial charge in [0.25, 0.3) is 0 Å². The van der Waals surface area contributed by atoms with Crippen LogP contribution in [0.25, 0.3) is 0 Å². The Labute approximate surface area is 108 Å². The maximum atomic E-state index is 10.9. The zero-order valence-electron chi connectivity index (χ0n) is 9.85. The van der Waals surface area contributed by atoms with Crippen LogP contribution in [0.4, 0.5) is 0 Å². The van der Waals surface area contributed by atoms with Gasteiger partial charge in [0.1, 0.15) is 0 Å². The number of rotatable bonds is 4. The van der Waals surface area contributed by atoms with Crippen molar-refractivity contribution < 1.29 is 4.79 Å². The van der Waals surface area contributed by atoms with Gasteiger partial charge in [-0.2, -0.15) is 5.10 Å². The molecule has 4 nitrogen and oxygen atoms in total. The number of hydrogen-bond donors (Lipinski definition) is 0. The van der Waals surface area contributed by atoms with Gasteiger partial charge in [-0.25, -0.2) is 0 Å². The minimum absolute atomic E-state index is 0.649. The smallest absolute Gasteiger partial charge is 0.166 e. The van der Waals surface area contributed by atoms with E-state index in [-0.39, 0.29) is 0 Å². The van der Waals surface area contributed by atoms with Crippen molar-refractivity contribution in [1.29, 1.82) is 0 Å². The molecule has 90 valence electrons. The Morgan fingerprint density at radius 2 is 2.29 bits per heavy atom. The first-order chi connectivity index (χ1) is 8.17. The van der Waals surface area contributed by atoms with Gasteiger partial charge in [-0.05, 0) is 41.9 Å². The van der Waals surface area contributed by atoms with Gasteiger partial charge in [-0.1, -0.05) is 0 Å². The molecule has 0 saturated heterocycles. The molecule has 0 N–H and O–H groups in total. The highest BCUT2D eigenvalue weighted by Gasteiger charge is 2.13. The van der Waals surface area contributed by atoms with Crippen molar-refractivity contribution in [3.63, 3.8) is 0 Å². The number of carbonyl (C=O) groups excluding carboxylic acids is 1. The lowest BCUT2D eigenvalue weighted by molar-refractivity contribution is 0.111. The lowest BCUT2D eigenvalue weighted by atomic mass is 10.3. The van der Waals surface area contributed by atoms with Gasteiger partial charge in [0.05, 0.1) is 28.1 Å². The molecule has 0 amide bonds. The second-order valence-corrected chi connectivity index (χ2v) is 4.63. The molecule has 2 heterocycles. The molecule has 0 atom stereocenters. The summed E-state index contributed by atoms with van der Waals surface area (Å²) in [4.78, 5) is 10.9. The summed E-state index contributed by atoms with van der Waals surface area (Å²) in [6, 6.07) is 3.68. The van der Waals surface area contributed by atoms with E-state index in [0.29, 0.717) is 12.2 Å². The molecule has 2 aromatic heterocycles. The SMILES string of the molecule is CCn1nc(C)c(Br)c1Cn1cccc1C=O. The van der Waals surface area contributed by atoms with Gasteiger partial charge in [0, 0.05) is 12.7 Å². The third kappa shape index (κ3) is 2.20. The van der Waals surface area contributed by atoms with E-state index in [1.807, 2.05) is 28.4 Å². The third-order valence-electron chi connectivity index (χ3n) is 2.76. The Morgan fingerprint density at radius 1 is 1.53 bits per heavy atom. The van der Waals surface area contributed by atoms with Crippen LogP contribution in [-0.2, 0) is 13.1 Å². The Balaban J connectivity index is 2.38. The van der Waals surface area contributed by atoms with Crippen LogP contribution in [0.3, 0.4) is 0 Å². The summed E-state index contributed by atoms with van der Waals surface area (Å²) in [5.74, 6) is 0. The van der Waals surface area contributed by atoms with Crippen molar-refractivity contribution in [3.05, 3.63) is 39.9 Å². The maximum Gasteiger partial charge on any atom is 0.166 e. The Hall–Kier alpha value is -1.36. The Bertz CT molecular complexity index is 542. The van der Waals surface area contributed by atoms with E-state index in [0.717, 1.165) is 28.7 Å². The number of halogens is 1. The van der Waals surface area contributed by atoms with Crippen LogP contribution in [0, 0.1) is 6.92 Å². The third-order valence-corrected chi connectivity index (χ3v) is 3.79. The number of nitrogens with zero attached hydrogens (tertiary/aromatic N) is 3.